The number of hydrogen-bond acceptors (Lipinski definition) is 7. The van der Waals surface area contributed by atoms with Gasteiger partial charge in [-0.05, 0) is 31.4 Å². The minimum Gasteiger partial charge on any atom is -0.379 e. The second kappa shape index (κ2) is 9.14. The van der Waals surface area contributed by atoms with Crippen LogP contribution in [0.5, 0.6) is 0 Å². The fourth-order valence-electron chi connectivity index (χ4n) is 5.09. The minimum absolute atomic E-state index is 0.0647. The molecule has 2 aliphatic rings. The van der Waals surface area contributed by atoms with Crippen molar-refractivity contribution < 1.29 is 18.7 Å². The summed E-state index contributed by atoms with van der Waals surface area (Å²) in [6.07, 6.45) is 6.11. The van der Waals surface area contributed by atoms with E-state index in [1.165, 1.54) is 6.20 Å². The van der Waals surface area contributed by atoms with Gasteiger partial charge >= 0.3 is 0 Å². The zero-order valence-corrected chi connectivity index (χ0v) is 20.1. The molecule has 36 heavy (non-hydrogen) atoms. The van der Waals surface area contributed by atoms with Crippen molar-refractivity contribution >= 4 is 28.4 Å². The zero-order valence-electron chi connectivity index (χ0n) is 20.1. The maximum atomic E-state index is 13.8. The van der Waals surface area contributed by atoms with Gasteiger partial charge in [-0.2, -0.15) is 9.61 Å². The highest BCUT2D eigenvalue weighted by Crippen LogP contribution is 2.35. The molecule has 2 fully saturated rings. The quantitative estimate of drug-likeness (QED) is 0.425. The fourth-order valence-corrected chi connectivity index (χ4v) is 5.09. The molecule has 1 aliphatic carbocycles. The third-order valence-corrected chi connectivity index (χ3v) is 7.27. The molecule has 11 heteroatoms. The van der Waals surface area contributed by atoms with Crippen LogP contribution in [0.15, 0.2) is 36.8 Å². The van der Waals surface area contributed by atoms with E-state index in [2.05, 4.69) is 31.5 Å². The lowest BCUT2D eigenvalue weighted by Crippen LogP contribution is -2.48. The number of fused-ring (bicyclic) bond motifs is 2. The van der Waals surface area contributed by atoms with Gasteiger partial charge in [-0.1, -0.05) is 0 Å². The fraction of sp³-hybridized carbons (Fsp3) is 0.440. The molecule has 5 heterocycles. The minimum atomic E-state index is -1.01. The highest BCUT2D eigenvalue weighted by atomic mass is 19.1. The van der Waals surface area contributed by atoms with E-state index in [1.807, 2.05) is 18.2 Å². The van der Waals surface area contributed by atoms with Crippen molar-refractivity contribution in [2.45, 2.75) is 43.6 Å². The van der Waals surface area contributed by atoms with E-state index < -0.39 is 12.2 Å². The van der Waals surface area contributed by atoms with Crippen LogP contribution in [0.1, 0.15) is 35.7 Å². The van der Waals surface area contributed by atoms with Gasteiger partial charge in [0.05, 0.1) is 30.6 Å². The van der Waals surface area contributed by atoms with Gasteiger partial charge < -0.3 is 24.7 Å². The summed E-state index contributed by atoms with van der Waals surface area (Å²) in [5.41, 5.74) is 3.09. The molecule has 4 atom stereocenters. The number of halogens is 1. The van der Waals surface area contributed by atoms with E-state index in [-0.39, 0.29) is 18.1 Å². The number of amides is 1. The van der Waals surface area contributed by atoms with Crippen LogP contribution in [-0.2, 0) is 9.47 Å². The van der Waals surface area contributed by atoms with Gasteiger partial charge in [-0.3, -0.25) is 4.79 Å². The maximum Gasteiger partial charge on any atom is 0.257 e. The number of methoxy groups -OCH3 is 1. The molecule has 188 valence electrons. The van der Waals surface area contributed by atoms with E-state index in [1.54, 1.807) is 24.9 Å². The van der Waals surface area contributed by atoms with Gasteiger partial charge in [0.1, 0.15) is 29.3 Å². The van der Waals surface area contributed by atoms with Crippen molar-refractivity contribution in [2.24, 2.45) is 0 Å². The molecule has 4 aromatic rings. The van der Waals surface area contributed by atoms with Crippen molar-refractivity contribution in [1.82, 2.24) is 29.5 Å². The Morgan fingerprint density at radius 1 is 1.28 bits per heavy atom. The van der Waals surface area contributed by atoms with Gasteiger partial charge in [-0.25, -0.2) is 14.4 Å². The summed E-state index contributed by atoms with van der Waals surface area (Å²) in [4.78, 5) is 22.5. The van der Waals surface area contributed by atoms with Crippen molar-refractivity contribution in [3.8, 4) is 11.3 Å². The van der Waals surface area contributed by atoms with E-state index in [0.29, 0.717) is 48.8 Å². The Hall–Kier alpha value is -3.57. The van der Waals surface area contributed by atoms with Gasteiger partial charge in [0.25, 0.3) is 5.91 Å². The molecule has 2 unspecified atom stereocenters. The Labute approximate surface area is 206 Å². The van der Waals surface area contributed by atoms with Gasteiger partial charge in [-0.15, -0.1) is 0 Å². The third-order valence-electron chi connectivity index (χ3n) is 7.27. The van der Waals surface area contributed by atoms with Crippen molar-refractivity contribution in [1.29, 1.82) is 0 Å². The summed E-state index contributed by atoms with van der Waals surface area (Å²) in [5, 5.41) is 11.2. The molecule has 4 aromatic heterocycles. The predicted octanol–water partition coefficient (Wildman–Crippen LogP) is 2.99. The highest BCUT2D eigenvalue weighted by molar-refractivity contribution is 6.01. The zero-order chi connectivity index (χ0) is 24.8. The summed E-state index contributed by atoms with van der Waals surface area (Å²) < 4.78 is 28.9. The summed E-state index contributed by atoms with van der Waals surface area (Å²) in [6.45, 7) is 1.17. The average molecular weight is 494 g/mol. The molecular formula is C25H28FN7O3. The molecular weight excluding hydrogens is 465 g/mol. The first-order chi connectivity index (χ1) is 17.6. The first-order valence-corrected chi connectivity index (χ1v) is 12.2. The lowest BCUT2D eigenvalue weighted by atomic mass is 9.90. The summed E-state index contributed by atoms with van der Waals surface area (Å²) >= 11 is 0. The van der Waals surface area contributed by atoms with Crippen LogP contribution in [0.4, 0.5) is 10.2 Å². The Balaban J connectivity index is 1.47. The lowest BCUT2D eigenvalue weighted by molar-refractivity contribution is -0.0592. The Kier molecular flexibility index (Phi) is 5.81. The number of nitrogens with one attached hydrogen (secondary N) is 2. The first kappa shape index (κ1) is 22.9. The van der Waals surface area contributed by atoms with Crippen LogP contribution in [0.2, 0.25) is 0 Å². The number of nitrogens with zero attached hydrogens (tertiary/aromatic N) is 5. The molecule has 2 N–H and O–H groups in total. The molecule has 6 rings (SSSR count). The van der Waals surface area contributed by atoms with Crippen LogP contribution >= 0.6 is 0 Å². The topological polar surface area (TPSA) is 108 Å². The normalized spacial score (nSPS) is 24.1. The smallest absolute Gasteiger partial charge is 0.257 e. The van der Waals surface area contributed by atoms with Crippen LogP contribution in [0.3, 0.4) is 0 Å². The maximum absolute atomic E-state index is 13.8. The molecule has 0 spiro atoms. The van der Waals surface area contributed by atoms with E-state index in [0.717, 1.165) is 23.0 Å². The first-order valence-electron chi connectivity index (χ1n) is 12.2. The van der Waals surface area contributed by atoms with Crippen LogP contribution in [-0.4, -0.2) is 75.7 Å². The number of aromatic nitrogens is 5. The number of anilines is 1. The second-order valence-electron chi connectivity index (χ2n) is 9.27. The molecule has 1 amide bonds. The predicted molar refractivity (Wildman–Crippen MR) is 132 cm³/mol. The van der Waals surface area contributed by atoms with Crippen LogP contribution in [0, 0.1) is 0 Å². The second-order valence-corrected chi connectivity index (χ2v) is 9.27. The molecule has 0 radical (unpaired) electrons. The summed E-state index contributed by atoms with van der Waals surface area (Å²) in [6, 6.07) is 5.42. The number of carbonyl (C=O) groups excluding carboxylic acids is 1. The average Bonchev–Trinajstić information content (AvgIpc) is 3.52. The SMILES string of the molecule is CNc1cc(-c2cn([C@H]3CCOC[C@@H]3OC)c3ncccc23)nc2c(C(=O)NC3CCC3F)cnn12. The molecule has 1 saturated carbocycles. The highest BCUT2D eigenvalue weighted by Gasteiger charge is 2.33. The summed E-state index contributed by atoms with van der Waals surface area (Å²) in [7, 11) is 3.49. The number of pyridine rings is 1. The van der Waals surface area contributed by atoms with E-state index >= 15 is 0 Å². The molecule has 1 saturated heterocycles. The van der Waals surface area contributed by atoms with Gasteiger partial charge in [0.15, 0.2) is 5.65 Å². The van der Waals surface area contributed by atoms with Gasteiger partial charge in [0.2, 0.25) is 0 Å². The van der Waals surface area contributed by atoms with Gasteiger partial charge in [0, 0.05) is 50.2 Å². The molecule has 1 aliphatic heterocycles. The largest absolute Gasteiger partial charge is 0.379 e. The Morgan fingerprint density at radius 2 is 2.17 bits per heavy atom. The summed E-state index contributed by atoms with van der Waals surface area (Å²) in [5.74, 6) is 0.296. The van der Waals surface area contributed by atoms with E-state index in [4.69, 9.17) is 14.5 Å². The molecule has 0 aromatic carbocycles. The Bertz CT molecular complexity index is 1430. The standard InChI is InChI=1S/C25H28FN7O3/c1-27-22-10-19(30-24-15(11-29-33(22)24)25(34)31-18-6-5-17(18)26)16-12-32(23-14(16)4-3-8-28-23)20-7-9-36-13-21(20)35-2/h3-4,8,10-12,17-18,20-21,27H,5-7,9,13H2,1-2H3,(H,31,34)/t17?,18?,20-,21-/m0/s1. The number of carbonyl (C=O) groups is 1. The van der Waals surface area contributed by atoms with Crippen molar-refractivity contribution in [2.75, 3.05) is 32.7 Å². The number of alkyl halides is 1. The molecule has 0 bridgehead atoms. The number of rotatable bonds is 6. The monoisotopic (exact) mass is 493 g/mol. The Morgan fingerprint density at radius 3 is 2.92 bits per heavy atom. The van der Waals surface area contributed by atoms with Crippen molar-refractivity contribution in [3.63, 3.8) is 0 Å². The molecule has 10 nitrogen and oxygen atoms in total. The lowest BCUT2D eigenvalue weighted by Gasteiger charge is -2.31. The number of hydrogen-bond donors (Lipinski definition) is 2. The van der Waals surface area contributed by atoms with Crippen LogP contribution < -0.4 is 10.6 Å². The third kappa shape index (κ3) is 3.70. The van der Waals surface area contributed by atoms with E-state index in [9.17, 15) is 9.18 Å². The number of ether oxygens (including phenoxy) is 2. The van der Waals surface area contributed by atoms with Crippen molar-refractivity contribution in [3.05, 3.63) is 42.4 Å². The van der Waals surface area contributed by atoms with Crippen LogP contribution in [0.25, 0.3) is 27.9 Å².